The summed E-state index contributed by atoms with van der Waals surface area (Å²) in [5.41, 5.74) is 2.22. The number of ether oxygens (including phenoxy) is 2. The van der Waals surface area contributed by atoms with Gasteiger partial charge in [-0.15, -0.1) is 0 Å². The summed E-state index contributed by atoms with van der Waals surface area (Å²) in [7, 11) is 0. The first-order chi connectivity index (χ1) is 12.6. The minimum atomic E-state index is -0.464. The Bertz CT molecular complexity index is 688. The molecule has 0 aromatic heterocycles. The molecule has 0 spiro atoms. The van der Waals surface area contributed by atoms with E-state index in [1.807, 2.05) is 40.7 Å². The number of nitrogens with zero attached hydrogens (tertiary/aromatic N) is 1. The van der Waals surface area contributed by atoms with Crippen LogP contribution in [0.4, 0.5) is 4.79 Å². The molecule has 1 aromatic carbocycles. The lowest BCUT2D eigenvalue weighted by atomic mass is 9.94. The van der Waals surface area contributed by atoms with E-state index < -0.39 is 5.60 Å². The third-order valence-corrected chi connectivity index (χ3v) is 5.85. The van der Waals surface area contributed by atoms with Crippen molar-refractivity contribution in [2.24, 2.45) is 5.92 Å². The zero-order chi connectivity index (χ0) is 20.2. The minimum absolute atomic E-state index is 0.239. The molecule has 0 radical (unpaired) electrons. The predicted molar refractivity (Wildman–Crippen MR) is 114 cm³/mol. The Morgan fingerprint density at radius 2 is 1.81 bits per heavy atom. The second-order valence-electron chi connectivity index (χ2n) is 8.25. The van der Waals surface area contributed by atoms with Gasteiger partial charge in [0.05, 0.1) is 12.2 Å². The van der Waals surface area contributed by atoms with Gasteiger partial charge < -0.3 is 14.4 Å². The zero-order valence-electron chi connectivity index (χ0n) is 16.9. The molecular formula is C21H30INO4. The minimum Gasteiger partial charge on any atom is -0.462 e. The van der Waals surface area contributed by atoms with Crippen molar-refractivity contribution < 1.29 is 19.1 Å². The van der Waals surface area contributed by atoms with E-state index in [2.05, 4.69) is 28.7 Å². The molecule has 0 N–H and O–H groups in total. The van der Waals surface area contributed by atoms with Crippen LogP contribution in [0.5, 0.6) is 0 Å². The largest absolute Gasteiger partial charge is 0.462 e. The summed E-state index contributed by atoms with van der Waals surface area (Å²) in [5, 5.41) is 0. The average molecular weight is 487 g/mol. The predicted octanol–water partition coefficient (Wildman–Crippen LogP) is 5.10. The fourth-order valence-corrected chi connectivity index (χ4v) is 3.93. The Balaban J connectivity index is 1.76. The number of halogens is 1. The third-order valence-electron chi connectivity index (χ3n) is 4.73. The van der Waals surface area contributed by atoms with Crippen molar-refractivity contribution in [1.82, 2.24) is 4.90 Å². The van der Waals surface area contributed by atoms with E-state index in [0.29, 0.717) is 31.2 Å². The van der Waals surface area contributed by atoms with Gasteiger partial charge in [-0.3, -0.25) is 0 Å². The smallest absolute Gasteiger partial charge is 0.410 e. The van der Waals surface area contributed by atoms with E-state index in [0.717, 1.165) is 34.0 Å². The van der Waals surface area contributed by atoms with Crippen LogP contribution in [-0.2, 0) is 9.47 Å². The topological polar surface area (TPSA) is 55.8 Å². The lowest BCUT2D eigenvalue weighted by molar-refractivity contribution is 0.0169. The van der Waals surface area contributed by atoms with E-state index in [9.17, 15) is 9.59 Å². The van der Waals surface area contributed by atoms with Crippen molar-refractivity contribution in [2.45, 2.75) is 59.5 Å². The molecule has 27 heavy (non-hydrogen) atoms. The highest BCUT2D eigenvalue weighted by molar-refractivity contribution is 14.1. The molecule has 150 valence electrons. The van der Waals surface area contributed by atoms with Gasteiger partial charge in [0, 0.05) is 16.7 Å². The number of carbonyl (C=O) groups is 2. The van der Waals surface area contributed by atoms with Crippen LogP contribution in [0.1, 0.15) is 61.5 Å². The number of likely N-dealkylation sites (tertiary alicyclic amines) is 1. The summed E-state index contributed by atoms with van der Waals surface area (Å²) >= 11 is 2.25. The molecule has 1 fully saturated rings. The maximum absolute atomic E-state index is 12.4. The van der Waals surface area contributed by atoms with E-state index in [1.54, 1.807) is 4.90 Å². The summed E-state index contributed by atoms with van der Waals surface area (Å²) in [5.74, 6) is 0.218. The van der Waals surface area contributed by atoms with Crippen LogP contribution in [0, 0.1) is 23.3 Å². The molecule has 6 heteroatoms. The highest BCUT2D eigenvalue weighted by Crippen LogP contribution is 2.23. The van der Waals surface area contributed by atoms with Crippen molar-refractivity contribution in [2.75, 3.05) is 19.7 Å². The number of hydrogen-bond donors (Lipinski definition) is 0. The lowest BCUT2D eigenvalue weighted by Gasteiger charge is -2.33. The number of benzene rings is 1. The molecule has 0 atom stereocenters. The molecule has 0 unspecified atom stereocenters. The number of amides is 1. The molecule has 1 amide bonds. The Kier molecular flexibility index (Phi) is 7.54. The van der Waals surface area contributed by atoms with Crippen molar-refractivity contribution in [3.05, 3.63) is 32.4 Å². The molecule has 5 nitrogen and oxygen atoms in total. The lowest BCUT2D eigenvalue weighted by Crippen LogP contribution is -2.41. The van der Waals surface area contributed by atoms with Gasteiger partial charge in [-0.25, -0.2) is 9.59 Å². The molecule has 1 aliphatic heterocycles. The summed E-state index contributed by atoms with van der Waals surface area (Å²) in [6.07, 6.45) is 2.42. The van der Waals surface area contributed by atoms with Crippen molar-refractivity contribution in [1.29, 1.82) is 0 Å². The highest BCUT2D eigenvalue weighted by atomic mass is 127. The second-order valence-corrected chi connectivity index (χ2v) is 9.42. The van der Waals surface area contributed by atoms with Crippen LogP contribution in [-0.4, -0.2) is 42.3 Å². The molecule has 0 aliphatic carbocycles. The molecule has 1 aliphatic rings. The highest BCUT2D eigenvalue weighted by Gasteiger charge is 2.27. The van der Waals surface area contributed by atoms with Gasteiger partial charge >= 0.3 is 12.1 Å². The van der Waals surface area contributed by atoms with Crippen LogP contribution in [0.2, 0.25) is 0 Å². The van der Waals surface area contributed by atoms with Crippen LogP contribution in [0.3, 0.4) is 0 Å². The van der Waals surface area contributed by atoms with Gasteiger partial charge in [-0.05, 0) is 106 Å². The molecule has 2 rings (SSSR count). The molecule has 1 saturated heterocycles. The monoisotopic (exact) mass is 487 g/mol. The maximum atomic E-state index is 12.4. The van der Waals surface area contributed by atoms with Crippen LogP contribution >= 0.6 is 22.6 Å². The van der Waals surface area contributed by atoms with E-state index in [1.165, 1.54) is 0 Å². The molecule has 1 heterocycles. The SMILES string of the molecule is Cc1cc(I)c(C)c(C(=O)OCCC2CCN(C(=O)OC(C)(C)C)CC2)c1. The zero-order valence-corrected chi connectivity index (χ0v) is 19.1. The number of carbonyl (C=O) groups excluding carboxylic acids is 2. The summed E-state index contributed by atoms with van der Waals surface area (Å²) in [6, 6.07) is 3.95. The number of esters is 1. The Hall–Kier alpha value is -1.31. The summed E-state index contributed by atoms with van der Waals surface area (Å²) < 4.78 is 12.0. The van der Waals surface area contributed by atoms with Crippen molar-refractivity contribution in [3.63, 3.8) is 0 Å². The quantitative estimate of drug-likeness (QED) is 0.438. The standard InChI is InChI=1S/C21H30INO4/c1-14-12-17(15(2)18(22)13-14)19(24)26-11-8-16-6-9-23(10-7-16)20(25)27-21(3,4)5/h12-13,16H,6-11H2,1-5H3. The second kappa shape index (κ2) is 9.26. The van der Waals surface area contributed by atoms with Gasteiger partial charge in [0.1, 0.15) is 5.60 Å². The number of hydrogen-bond acceptors (Lipinski definition) is 4. The fraction of sp³-hybridized carbons (Fsp3) is 0.619. The number of piperidine rings is 1. The van der Waals surface area contributed by atoms with Crippen LogP contribution in [0.15, 0.2) is 12.1 Å². The number of rotatable bonds is 4. The Labute approximate surface area is 175 Å². The first kappa shape index (κ1) is 22.0. The van der Waals surface area contributed by atoms with Gasteiger partial charge in [-0.2, -0.15) is 0 Å². The van der Waals surface area contributed by atoms with E-state index in [-0.39, 0.29) is 12.1 Å². The summed E-state index contributed by atoms with van der Waals surface area (Å²) in [6.45, 7) is 11.4. The Morgan fingerprint density at radius 3 is 2.41 bits per heavy atom. The van der Waals surface area contributed by atoms with Crippen molar-refractivity contribution >= 4 is 34.7 Å². The van der Waals surface area contributed by atoms with Gasteiger partial charge in [0.25, 0.3) is 0 Å². The molecule has 1 aromatic rings. The Morgan fingerprint density at radius 1 is 1.19 bits per heavy atom. The van der Waals surface area contributed by atoms with Crippen molar-refractivity contribution in [3.8, 4) is 0 Å². The molecule has 0 saturated carbocycles. The van der Waals surface area contributed by atoms with E-state index in [4.69, 9.17) is 9.47 Å². The van der Waals surface area contributed by atoms with E-state index >= 15 is 0 Å². The maximum Gasteiger partial charge on any atom is 0.410 e. The summed E-state index contributed by atoms with van der Waals surface area (Å²) in [4.78, 5) is 26.3. The molecule has 0 bridgehead atoms. The number of aryl methyl sites for hydroxylation is 1. The molecular weight excluding hydrogens is 457 g/mol. The van der Waals surface area contributed by atoms with Gasteiger partial charge in [-0.1, -0.05) is 0 Å². The first-order valence-corrected chi connectivity index (χ1v) is 10.6. The third kappa shape index (κ3) is 6.66. The first-order valence-electron chi connectivity index (χ1n) is 9.48. The normalized spacial score (nSPS) is 15.6. The average Bonchev–Trinajstić information content (AvgIpc) is 2.57. The fourth-order valence-electron chi connectivity index (χ4n) is 3.15. The van der Waals surface area contributed by atoms with Gasteiger partial charge in [0.2, 0.25) is 0 Å². The van der Waals surface area contributed by atoms with Crippen LogP contribution < -0.4 is 0 Å². The van der Waals surface area contributed by atoms with Gasteiger partial charge in [0.15, 0.2) is 0 Å². The van der Waals surface area contributed by atoms with Crippen LogP contribution in [0.25, 0.3) is 0 Å².